The second-order valence-electron chi connectivity index (χ2n) is 9.21. The van der Waals surface area contributed by atoms with Gasteiger partial charge in [-0.2, -0.15) is 5.10 Å². The van der Waals surface area contributed by atoms with Crippen LogP contribution in [0.3, 0.4) is 0 Å². The summed E-state index contributed by atoms with van der Waals surface area (Å²) >= 11 is 6.01. The van der Waals surface area contributed by atoms with Gasteiger partial charge in [0.1, 0.15) is 11.5 Å². The van der Waals surface area contributed by atoms with Crippen molar-refractivity contribution in [2.75, 3.05) is 14.2 Å². The molecule has 0 radical (unpaired) electrons. The highest BCUT2D eigenvalue weighted by atomic mass is 35.5. The van der Waals surface area contributed by atoms with Crippen LogP contribution in [0.25, 0.3) is 12.2 Å². The Morgan fingerprint density at radius 3 is 2.19 bits per heavy atom. The first-order valence-corrected chi connectivity index (χ1v) is 12.8. The summed E-state index contributed by atoms with van der Waals surface area (Å²) in [4.78, 5) is 13.5. The van der Waals surface area contributed by atoms with E-state index >= 15 is 0 Å². The summed E-state index contributed by atoms with van der Waals surface area (Å²) in [7, 11) is 3.32. The number of carbonyl (C=O) groups is 1. The standard InChI is InChI=1S/C31H29ClN2O3/c1-36-26-15-8-22(9-16-26)20-24-4-3-5-28-30(24)33-34(31(28)23-11-17-27(37-2)18-12-23)29(35)19-10-21-6-13-25(32)14-7-21/h6-20,28,31H,3-5H2,1-2H3/b19-10+,24-20-. The number of allylic oxidation sites excluding steroid dienone is 1. The fraction of sp³-hybridized carbons (Fsp3) is 0.226. The summed E-state index contributed by atoms with van der Waals surface area (Å²) in [5.41, 5.74) is 5.21. The predicted molar refractivity (Wildman–Crippen MR) is 149 cm³/mol. The summed E-state index contributed by atoms with van der Waals surface area (Å²) in [5, 5.41) is 7.27. The predicted octanol–water partition coefficient (Wildman–Crippen LogP) is 7.19. The number of hydrazone groups is 1. The molecule has 37 heavy (non-hydrogen) atoms. The van der Waals surface area contributed by atoms with Crippen molar-refractivity contribution in [2.24, 2.45) is 11.0 Å². The smallest absolute Gasteiger partial charge is 0.267 e. The van der Waals surface area contributed by atoms with Crippen molar-refractivity contribution in [2.45, 2.75) is 25.3 Å². The van der Waals surface area contributed by atoms with Crippen molar-refractivity contribution >= 4 is 35.4 Å². The monoisotopic (exact) mass is 512 g/mol. The minimum absolute atomic E-state index is 0.125. The van der Waals surface area contributed by atoms with Crippen LogP contribution in [-0.4, -0.2) is 30.8 Å². The van der Waals surface area contributed by atoms with Crippen LogP contribution in [0.4, 0.5) is 0 Å². The van der Waals surface area contributed by atoms with Crippen LogP contribution in [-0.2, 0) is 4.79 Å². The Labute approximate surface area is 222 Å². The molecule has 1 aliphatic heterocycles. The van der Waals surface area contributed by atoms with Crippen LogP contribution in [0.15, 0.2) is 89.5 Å². The van der Waals surface area contributed by atoms with Gasteiger partial charge in [-0.1, -0.05) is 48.0 Å². The summed E-state index contributed by atoms with van der Waals surface area (Å²) in [6, 6.07) is 23.2. The minimum atomic E-state index is -0.178. The van der Waals surface area contributed by atoms with E-state index in [1.54, 1.807) is 31.4 Å². The van der Waals surface area contributed by atoms with Crippen LogP contribution in [0.2, 0.25) is 5.02 Å². The molecule has 1 heterocycles. The van der Waals surface area contributed by atoms with Crippen molar-refractivity contribution in [3.63, 3.8) is 0 Å². The van der Waals surface area contributed by atoms with Gasteiger partial charge in [0.2, 0.25) is 0 Å². The molecule has 2 unspecified atom stereocenters. The van der Waals surface area contributed by atoms with E-state index in [4.69, 9.17) is 26.2 Å². The molecule has 2 atom stereocenters. The molecule has 1 fully saturated rings. The van der Waals surface area contributed by atoms with Gasteiger partial charge in [0.25, 0.3) is 5.91 Å². The van der Waals surface area contributed by atoms with Gasteiger partial charge >= 0.3 is 0 Å². The van der Waals surface area contributed by atoms with E-state index in [0.717, 1.165) is 53.2 Å². The lowest BCUT2D eigenvalue weighted by molar-refractivity contribution is -0.128. The van der Waals surface area contributed by atoms with Crippen LogP contribution in [0.1, 0.15) is 42.0 Å². The molecule has 1 aliphatic carbocycles. The first-order valence-electron chi connectivity index (χ1n) is 12.4. The van der Waals surface area contributed by atoms with Gasteiger partial charge in [-0.25, -0.2) is 5.01 Å². The second-order valence-corrected chi connectivity index (χ2v) is 9.65. The molecule has 3 aromatic rings. The zero-order valence-electron chi connectivity index (χ0n) is 20.9. The molecule has 2 aliphatic rings. The maximum Gasteiger partial charge on any atom is 0.267 e. The Morgan fingerprint density at radius 2 is 1.54 bits per heavy atom. The van der Waals surface area contributed by atoms with E-state index in [9.17, 15) is 4.79 Å². The third-order valence-corrected chi connectivity index (χ3v) is 7.18. The first kappa shape index (κ1) is 24.8. The number of ether oxygens (including phenoxy) is 2. The number of nitrogens with zero attached hydrogens (tertiary/aromatic N) is 2. The quantitative estimate of drug-likeness (QED) is 0.328. The van der Waals surface area contributed by atoms with E-state index in [1.165, 1.54) is 5.57 Å². The average Bonchev–Trinajstić information content (AvgIpc) is 3.34. The molecule has 6 heteroatoms. The Hall–Kier alpha value is -3.83. The minimum Gasteiger partial charge on any atom is -0.497 e. The molecule has 0 bridgehead atoms. The number of halogens is 1. The highest BCUT2D eigenvalue weighted by Gasteiger charge is 2.43. The zero-order valence-corrected chi connectivity index (χ0v) is 21.7. The Balaban J connectivity index is 1.49. The van der Waals surface area contributed by atoms with Crippen molar-refractivity contribution in [1.82, 2.24) is 5.01 Å². The molecule has 188 valence electrons. The first-order chi connectivity index (χ1) is 18.1. The maximum atomic E-state index is 13.5. The van der Waals surface area contributed by atoms with Gasteiger partial charge < -0.3 is 9.47 Å². The van der Waals surface area contributed by atoms with Crippen molar-refractivity contribution < 1.29 is 14.3 Å². The lowest BCUT2D eigenvalue weighted by Gasteiger charge is -2.29. The summed E-state index contributed by atoms with van der Waals surface area (Å²) in [5.74, 6) is 1.58. The zero-order chi connectivity index (χ0) is 25.8. The number of rotatable bonds is 6. The molecule has 0 N–H and O–H groups in total. The van der Waals surface area contributed by atoms with Crippen LogP contribution in [0.5, 0.6) is 11.5 Å². The van der Waals surface area contributed by atoms with Crippen LogP contribution < -0.4 is 9.47 Å². The highest BCUT2D eigenvalue weighted by Crippen LogP contribution is 2.44. The number of carbonyl (C=O) groups excluding carboxylic acids is 1. The van der Waals surface area contributed by atoms with E-state index in [-0.39, 0.29) is 17.9 Å². The van der Waals surface area contributed by atoms with Crippen molar-refractivity contribution in [3.05, 3.63) is 106 Å². The molecule has 3 aromatic carbocycles. The molecule has 5 rings (SSSR count). The summed E-state index contributed by atoms with van der Waals surface area (Å²) in [6.45, 7) is 0. The van der Waals surface area contributed by atoms with Gasteiger partial charge in [-0.3, -0.25) is 4.79 Å². The number of benzene rings is 3. The normalized spacial score (nSPS) is 20.1. The molecule has 0 aromatic heterocycles. The van der Waals surface area contributed by atoms with Gasteiger partial charge in [0.15, 0.2) is 0 Å². The number of hydrogen-bond donors (Lipinski definition) is 0. The largest absolute Gasteiger partial charge is 0.497 e. The number of fused-ring (bicyclic) bond motifs is 1. The van der Waals surface area contributed by atoms with E-state index in [1.807, 2.05) is 72.8 Å². The lowest BCUT2D eigenvalue weighted by Crippen LogP contribution is -2.30. The molecule has 5 nitrogen and oxygen atoms in total. The second kappa shape index (κ2) is 11.1. The van der Waals surface area contributed by atoms with Gasteiger partial charge in [0, 0.05) is 17.0 Å². The lowest BCUT2D eigenvalue weighted by atomic mass is 9.77. The number of methoxy groups -OCH3 is 2. The maximum absolute atomic E-state index is 13.5. The third kappa shape index (κ3) is 5.47. The van der Waals surface area contributed by atoms with Crippen LogP contribution >= 0.6 is 11.6 Å². The van der Waals surface area contributed by atoms with E-state index in [2.05, 4.69) is 6.08 Å². The van der Waals surface area contributed by atoms with E-state index in [0.29, 0.717) is 5.02 Å². The topological polar surface area (TPSA) is 51.1 Å². The molecular weight excluding hydrogens is 484 g/mol. The highest BCUT2D eigenvalue weighted by molar-refractivity contribution is 6.30. The van der Waals surface area contributed by atoms with E-state index < -0.39 is 0 Å². The molecular formula is C31H29ClN2O3. The number of amides is 1. The SMILES string of the molecule is COc1ccc(/C=C2/CCCC3C2=NN(C(=O)/C=C/c2ccc(Cl)cc2)C3c2ccc(OC)cc2)cc1. The summed E-state index contributed by atoms with van der Waals surface area (Å²) in [6.07, 6.45) is 8.53. The molecule has 1 saturated carbocycles. The van der Waals surface area contributed by atoms with Crippen molar-refractivity contribution in [1.29, 1.82) is 0 Å². The van der Waals surface area contributed by atoms with Gasteiger partial charge in [-0.05, 0) is 90.1 Å². The number of hydrogen-bond acceptors (Lipinski definition) is 4. The molecule has 0 spiro atoms. The fourth-order valence-corrected chi connectivity index (χ4v) is 5.16. The fourth-order valence-electron chi connectivity index (χ4n) is 5.04. The summed E-state index contributed by atoms with van der Waals surface area (Å²) < 4.78 is 10.7. The molecule has 0 saturated heterocycles. The van der Waals surface area contributed by atoms with Gasteiger partial charge in [-0.15, -0.1) is 0 Å². The van der Waals surface area contributed by atoms with Gasteiger partial charge in [0.05, 0.1) is 26.0 Å². The Bertz CT molecular complexity index is 1340. The third-order valence-electron chi connectivity index (χ3n) is 6.93. The Kier molecular flexibility index (Phi) is 7.42. The van der Waals surface area contributed by atoms with Crippen LogP contribution in [0, 0.1) is 5.92 Å². The molecule has 1 amide bonds. The van der Waals surface area contributed by atoms with Crippen molar-refractivity contribution in [3.8, 4) is 11.5 Å². The Morgan fingerprint density at radius 1 is 0.919 bits per heavy atom. The average molecular weight is 513 g/mol.